The minimum absolute atomic E-state index is 0.297. The van der Waals surface area contributed by atoms with Gasteiger partial charge in [-0.1, -0.05) is 19.8 Å². The molecular formula is C16H27N3O. The molecule has 3 atom stereocenters. The summed E-state index contributed by atoms with van der Waals surface area (Å²) in [5.41, 5.74) is 6.33. The summed E-state index contributed by atoms with van der Waals surface area (Å²) in [6.07, 6.45) is 6.65. The van der Waals surface area contributed by atoms with Crippen LogP contribution in [0.2, 0.25) is 0 Å². The van der Waals surface area contributed by atoms with Crippen molar-refractivity contribution in [3.05, 3.63) is 23.0 Å². The van der Waals surface area contributed by atoms with E-state index in [4.69, 9.17) is 10.6 Å². The lowest BCUT2D eigenvalue weighted by atomic mass is 9.87. The summed E-state index contributed by atoms with van der Waals surface area (Å²) in [6.45, 7) is 6.44. The fraction of sp³-hybridized carbons (Fsp3) is 0.688. The van der Waals surface area contributed by atoms with Crippen molar-refractivity contribution in [2.75, 3.05) is 7.11 Å². The highest BCUT2D eigenvalue weighted by atomic mass is 16.5. The van der Waals surface area contributed by atoms with Gasteiger partial charge < -0.3 is 4.74 Å². The molecule has 1 aliphatic carbocycles. The normalized spacial score (nSPS) is 23.9. The van der Waals surface area contributed by atoms with E-state index in [2.05, 4.69) is 24.3 Å². The highest BCUT2D eigenvalue weighted by Crippen LogP contribution is 2.35. The second kappa shape index (κ2) is 6.55. The molecule has 3 N–H and O–H groups in total. The molecule has 1 aromatic rings. The number of hydrogen-bond acceptors (Lipinski definition) is 4. The summed E-state index contributed by atoms with van der Waals surface area (Å²) in [5.74, 6) is 8.14. The molecular weight excluding hydrogens is 250 g/mol. The van der Waals surface area contributed by atoms with Gasteiger partial charge in [-0.25, -0.2) is 0 Å². The molecule has 1 fully saturated rings. The van der Waals surface area contributed by atoms with E-state index in [1.54, 1.807) is 7.11 Å². The molecule has 0 saturated heterocycles. The minimum atomic E-state index is 0.297. The molecule has 0 bridgehead atoms. The van der Waals surface area contributed by atoms with Gasteiger partial charge in [0.1, 0.15) is 5.75 Å². The highest BCUT2D eigenvalue weighted by Gasteiger charge is 2.31. The Morgan fingerprint density at radius 3 is 2.75 bits per heavy atom. The molecule has 0 amide bonds. The van der Waals surface area contributed by atoms with Crippen molar-refractivity contribution < 1.29 is 4.74 Å². The Morgan fingerprint density at radius 1 is 1.45 bits per heavy atom. The third-order valence-corrected chi connectivity index (χ3v) is 4.82. The van der Waals surface area contributed by atoms with E-state index in [1.807, 2.05) is 13.1 Å². The first-order chi connectivity index (χ1) is 9.58. The van der Waals surface area contributed by atoms with Crippen molar-refractivity contribution in [3.63, 3.8) is 0 Å². The number of aromatic nitrogens is 1. The minimum Gasteiger partial charge on any atom is -0.496 e. The number of pyridine rings is 1. The Morgan fingerprint density at radius 2 is 2.20 bits per heavy atom. The lowest BCUT2D eigenvalue weighted by Crippen LogP contribution is -2.43. The monoisotopic (exact) mass is 277 g/mol. The fourth-order valence-electron chi connectivity index (χ4n) is 3.59. The summed E-state index contributed by atoms with van der Waals surface area (Å²) in [4.78, 5) is 4.60. The smallest absolute Gasteiger partial charge is 0.128 e. The van der Waals surface area contributed by atoms with Crippen LogP contribution in [0.25, 0.3) is 0 Å². The topological polar surface area (TPSA) is 60.2 Å². The fourth-order valence-corrected chi connectivity index (χ4v) is 3.59. The van der Waals surface area contributed by atoms with Crippen LogP contribution in [0.3, 0.4) is 0 Å². The number of nitrogens with one attached hydrogen (secondary N) is 1. The molecule has 4 nitrogen and oxygen atoms in total. The van der Waals surface area contributed by atoms with Crippen LogP contribution in [0.5, 0.6) is 5.75 Å². The van der Waals surface area contributed by atoms with E-state index in [0.29, 0.717) is 12.0 Å². The quantitative estimate of drug-likeness (QED) is 0.641. The SMILES string of the molecule is COc1c(C)cnc(CC(NN)C2CCCC2C)c1C. The second-order valence-corrected chi connectivity index (χ2v) is 6.10. The number of methoxy groups -OCH3 is 1. The molecule has 1 saturated carbocycles. The van der Waals surface area contributed by atoms with E-state index in [-0.39, 0.29) is 0 Å². The standard InChI is InChI=1S/C16H27N3O/c1-10-6-5-7-13(10)15(19-17)8-14-12(3)16(20-4)11(2)9-18-14/h9-10,13,15,19H,5-8,17H2,1-4H3. The van der Waals surface area contributed by atoms with E-state index in [9.17, 15) is 0 Å². The number of nitrogens with two attached hydrogens (primary N) is 1. The average Bonchev–Trinajstić information content (AvgIpc) is 2.85. The first-order valence-electron chi connectivity index (χ1n) is 7.53. The maximum absolute atomic E-state index is 5.80. The zero-order chi connectivity index (χ0) is 14.7. The van der Waals surface area contributed by atoms with Crippen LogP contribution in [0.1, 0.15) is 43.0 Å². The molecule has 0 spiro atoms. The molecule has 0 aromatic carbocycles. The molecule has 112 valence electrons. The molecule has 1 aromatic heterocycles. The molecule has 0 radical (unpaired) electrons. The van der Waals surface area contributed by atoms with E-state index >= 15 is 0 Å². The van der Waals surface area contributed by atoms with Gasteiger partial charge in [-0.2, -0.15) is 0 Å². The molecule has 1 aliphatic rings. The summed E-state index contributed by atoms with van der Waals surface area (Å²) in [7, 11) is 1.72. The van der Waals surface area contributed by atoms with Crippen molar-refractivity contribution in [3.8, 4) is 5.75 Å². The van der Waals surface area contributed by atoms with Gasteiger partial charge in [0.25, 0.3) is 0 Å². The van der Waals surface area contributed by atoms with Crippen molar-refractivity contribution in [1.82, 2.24) is 10.4 Å². The summed E-state index contributed by atoms with van der Waals surface area (Å²) in [5, 5.41) is 0. The Labute approximate surface area is 122 Å². The molecule has 3 unspecified atom stereocenters. The lowest BCUT2D eigenvalue weighted by Gasteiger charge is -2.27. The predicted octanol–water partition coefficient (Wildman–Crippen LogP) is 2.52. The van der Waals surface area contributed by atoms with E-state index in [0.717, 1.165) is 34.9 Å². The zero-order valence-corrected chi connectivity index (χ0v) is 13.1. The van der Waals surface area contributed by atoms with Crippen molar-refractivity contribution in [2.24, 2.45) is 17.7 Å². The Balaban J connectivity index is 2.19. The first-order valence-corrected chi connectivity index (χ1v) is 7.53. The molecule has 2 rings (SSSR count). The maximum atomic E-state index is 5.80. The number of ether oxygens (including phenoxy) is 1. The number of nitrogens with zero attached hydrogens (tertiary/aromatic N) is 1. The van der Waals surface area contributed by atoms with Crippen LogP contribution >= 0.6 is 0 Å². The van der Waals surface area contributed by atoms with Gasteiger partial charge in [-0.3, -0.25) is 16.3 Å². The van der Waals surface area contributed by atoms with Crippen LogP contribution in [0.15, 0.2) is 6.20 Å². The summed E-state index contributed by atoms with van der Waals surface area (Å²) < 4.78 is 5.49. The largest absolute Gasteiger partial charge is 0.496 e. The predicted molar refractivity (Wildman–Crippen MR) is 81.6 cm³/mol. The summed E-state index contributed by atoms with van der Waals surface area (Å²) in [6, 6.07) is 0.297. The molecule has 0 aliphatic heterocycles. The van der Waals surface area contributed by atoms with Crippen LogP contribution < -0.4 is 16.0 Å². The maximum Gasteiger partial charge on any atom is 0.128 e. The lowest BCUT2D eigenvalue weighted by molar-refractivity contribution is 0.295. The van der Waals surface area contributed by atoms with Gasteiger partial charge >= 0.3 is 0 Å². The van der Waals surface area contributed by atoms with Gasteiger partial charge in [0.2, 0.25) is 0 Å². The Kier molecular flexibility index (Phi) is 5.00. The highest BCUT2D eigenvalue weighted by molar-refractivity contribution is 5.41. The number of rotatable bonds is 5. The Hall–Kier alpha value is -1.13. The molecule has 20 heavy (non-hydrogen) atoms. The number of aryl methyl sites for hydroxylation is 1. The van der Waals surface area contributed by atoms with E-state index < -0.39 is 0 Å². The second-order valence-electron chi connectivity index (χ2n) is 6.10. The number of hydrogen-bond donors (Lipinski definition) is 2. The third-order valence-electron chi connectivity index (χ3n) is 4.82. The molecule has 4 heteroatoms. The third kappa shape index (κ3) is 2.96. The summed E-state index contributed by atoms with van der Waals surface area (Å²) >= 11 is 0. The molecule has 1 heterocycles. The van der Waals surface area contributed by atoms with Crippen molar-refractivity contribution >= 4 is 0 Å². The van der Waals surface area contributed by atoms with Crippen LogP contribution in [0, 0.1) is 25.7 Å². The van der Waals surface area contributed by atoms with Gasteiger partial charge in [0.15, 0.2) is 0 Å². The van der Waals surface area contributed by atoms with Crippen molar-refractivity contribution in [2.45, 2.75) is 52.5 Å². The van der Waals surface area contributed by atoms with Gasteiger partial charge in [0.05, 0.1) is 7.11 Å². The van der Waals surface area contributed by atoms with E-state index in [1.165, 1.54) is 19.3 Å². The first kappa shape index (κ1) is 15.3. The van der Waals surface area contributed by atoms with Crippen LogP contribution in [-0.4, -0.2) is 18.1 Å². The van der Waals surface area contributed by atoms with Gasteiger partial charge in [-0.15, -0.1) is 0 Å². The zero-order valence-electron chi connectivity index (χ0n) is 13.1. The number of hydrazine groups is 1. The van der Waals surface area contributed by atoms with Crippen molar-refractivity contribution in [1.29, 1.82) is 0 Å². The van der Waals surface area contributed by atoms with Crippen LogP contribution in [-0.2, 0) is 6.42 Å². The Bertz CT molecular complexity index is 461. The van der Waals surface area contributed by atoms with Gasteiger partial charge in [-0.05, 0) is 32.1 Å². The average molecular weight is 277 g/mol. The van der Waals surface area contributed by atoms with Crippen LogP contribution in [0.4, 0.5) is 0 Å². The van der Waals surface area contributed by atoms with Gasteiger partial charge in [0, 0.05) is 35.5 Å².